The molecule has 1 rings (SSSR count). The van der Waals surface area contributed by atoms with E-state index in [1.165, 1.54) is 141 Å². The van der Waals surface area contributed by atoms with Crippen molar-refractivity contribution in [1.82, 2.24) is 5.32 Å². The number of carbonyl (C=O) groups is 2. The lowest BCUT2D eigenvalue weighted by atomic mass is 10.1. The summed E-state index contributed by atoms with van der Waals surface area (Å²) in [5.41, 5.74) is 0. The monoisotopic (exact) mass is 632 g/mol. The van der Waals surface area contributed by atoms with Crippen LogP contribution in [0.4, 0.5) is 0 Å². The summed E-state index contributed by atoms with van der Waals surface area (Å²) in [6.07, 6.45) is 41.8. The number of carbonyl (C=O) groups excluding carboxylic acids is 2. The second kappa shape index (κ2) is 32.3. The van der Waals surface area contributed by atoms with Crippen molar-refractivity contribution in [2.24, 2.45) is 0 Å². The zero-order chi connectivity index (χ0) is 32.5. The molecule has 2 atom stereocenters. The number of esters is 2. The largest absolute Gasteiger partial charge is 0.457 e. The second-order valence-electron chi connectivity index (χ2n) is 13.4. The number of allylic oxidation sites excluding steroid dienone is 4. The van der Waals surface area contributed by atoms with Crippen molar-refractivity contribution in [3.63, 3.8) is 0 Å². The number of hydrogen-bond acceptors (Lipinski definition) is 5. The molecule has 5 heteroatoms. The lowest BCUT2D eigenvalue weighted by molar-refractivity contribution is -0.164. The zero-order valence-electron chi connectivity index (χ0n) is 29.8. The molecule has 1 saturated heterocycles. The molecule has 262 valence electrons. The predicted molar refractivity (Wildman–Crippen MR) is 192 cm³/mol. The van der Waals surface area contributed by atoms with E-state index >= 15 is 0 Å². The van der Waals surface area contributed by atoms with Gasteiger partial charge in [-0.1, -0.05) is 141 Å². The van der Waals surface area contributed by atoms with Crippen molar-refractivity contribution in [2.45, 2.75) is 206 Å². The van der Waals surface area contributed by atoms with Crippen molar-refractivity contribution >= 4 is 11.9 Å². The molecule has 45 heavy (non-hydrogen) atoms. The van der Waals surface area contributed by atoms with Crippen LogP contribution >= 0.6 is 0 Å². The molecule has 1 aliphatic heterocycles. The van der Waals surface area contributed by atoms with Crippen LogP contribution in [0.5, 0.6) is 0 Å². The third-order valence-electron chi connectivity index (χ3n) is 8.96. The number of unbranched alkanes of at least 4 members (excludes halogenated alkanes) is 22. The van der Waals surface area contributed by atoms with Gasteiger partial charge in [-0.3, -0.25) is 9.59 Å². The second-order valence-corrected chi connectivity index (χ2v) is 13.4. The smallest absolute Gasteiger partial charge is 0.306 e. The van der Waals surface area contributed by atoms with Gasteiger partial charge in [-0.25, -0.2) is 0 Å². The summed E-state index contributed by atoms with van der Waals surface area (Å²) < 4.78 is 11.4. The Hall–Kier alpha value is -1.62. The van der Waals surface area contributed by atoms with Gasteiger partial charge in [-0.05, 0) is 64.2 Å². The molecule has 5 nitrogen and oxygen atoms in total. The van der Waals surface area contributed by atoms with E-state index in [0.717, 1.165) is 25.7 Å². The Kier molecular flexibility index (Phi) is 29.7. The quantitative estimate of drug-likeness (QED) is 0.0454. The lowest BCUT2D eigenvalue weighted by Crippen LogP contribution is -2.33. The fourth-order valence-corrected chi connectivity index (χ4v) is 6.00. The van der Waals surface area contributed by atoms with E-state index < -0.39 is 0 Å². The van der Waals surface area contributed by atoms with Crippen LogP contribution in [0.3, 0.4) is 0 Å². The van der Waals surface area contributed by atoms with Gasteiger partial charge >= 0.3 is 11.9 Å². The van der Waals surface area contributed by atoms with E-state index in [1.807, 2.05) is 0 Å². The van der Waals surface area contributed by atoms with Crippen LogP contribution in [0.2, 0.25) is 0 Å². The van der Waals surface area contributed by atoms with Gasteiger partial charge in [0.15, 0.2) is 12.2 Å². The molecule has 0 saturated carbocycles. The fraction of sp³-hybridized carbons (Fsp3) is 0.850. The molecule has 0 radical (unpaired) electrons. The summed E-state index contributed by atoms with van der Waals surface area (Å²) in [7, 11) is 0. The molecule has 0 bridgehead atoms. The first-order valence-corrected chi connectivity index (χ1v) is 19.6. The minimum absolute atomic E-state index is 0.167. The Bertz CT molecular complexity index is 674. The Balaban J connectivity index is 1.95. The first-order valence-electron chi connectivity index (χ1n) is 19.6. The van der Waals surface area contributed by atoms with Gasteiger partial charge < -0.3 is 14.8 Å². The molecule has 1 aliphatic rings. The van der Waals surface area contributed by atoms with E-state index in [9.17, 15) is 9.59 Å². The number of nitrogens with one attached hydrogen (secondary N) is 1. The van der Waals surface area contributed by atoms with Crippen LogP contribution in [0.25, 0.3) is 0 Å². The van der Waals surface area contributed by atoms with Gasteiger partial charge in [0.2, 0.25) is 0 Å². The minimum Gasteiger partial charge on any atom is -0.457 e. The van der Waals surface area contributed by atoms with E-state index in [-0.39, 0.29) is 24.1 Å². The van der Waals surface area contributed by atoms with Crippen LogP contribution in [-0.2, 0) is 19.1 Å². The third-order valence-corrected chi connectivity index (χ3v) is 8.96. The van der Waals surface area contributed by atoms with Crippen molar-refractivity contribution in [3.05, 3.63) is 24.3 Å². The van der Waals surface area contributed by atoms with Crippen molar-refractivity contribution < 1.29 is 19.1 Å². The minimum atomic E-state index is -0.362. The molecular weight excluding hydrogens is 558 g/mol. The Morgan fingerprint density at radius 2 is 0.756 bits per heavy atom. The van der Waals surface area contributed by atoms with Gasteiger partial charge in [0, 0.05) is 25.9 Å². The topological polar surface area (TPSA) is 64.6 Å². The molecule has 0 unspecified atom stereocenters. The maximum atomic E-state index is 12.4. The number of hydrogen-bond donors (Lipinski definition) is 1. The Morgan fingerprint density at radius 3 is 1.09 bits per heavy atom. The Morgan fingerprint density at radius 1 is 0.467 bits per heavy atom. The first kappa shape index (κ1) is 41.4. The maximum absolute atomic E-state index is 12.4. The predicted octanol–water partition coefficient (Wildman–Crippen LogP) is 11.5. The van der Waals surface area contributed by atoms with E-state index in [4.69, 9.17) is 9.47 Å². The van der Waals surface area contributed by atoms with Gasteiger partial charge in [-0.2, -0.15) is 0 Å². The van der Waals surface area contributed by atoms with Crippen LogP contribution in [0, 0.1) is 0 Å². The van der Waals surface area contributed by atoms with E-state index in [2.05, 4.69) is 43.5 Å². The Labute approximate surface area is 279 Å². The third kappa shape index (κ3) is 27.2. The van der Waals surface area contributed by atoms with E-state index in [0.29, 0.717) is 25.9 Å². The highest BCUT2D eigenvalue weighted by molar-refractivity contribution is 5.70. The maximum Gasteiger partial charge on any atom is 0.306 e. The molecule has 0 aromatic heterocycles. The number of rotatable bonds is 32. The average Bonchev–Trinajstić information content (AvgIpc) is 3.46. The highest BCUT2D eigenvalue weighted by Crippen LogP contribution is 2.16. The average molecular weight is 632 g/mol. The van der Waals surface area contributed by atoms with Crippen LogP contribution in [0.15, 0.2) is 24.3 Å². The van der Waals surface area contributed by atoms with Gasteiger partial charge in [0.05, 0.1) is 0 Å². The molecule has 0 aliphatic carbocycles. The molecule has 0 amide bonds. The molecule has 0 aromatic carbocycles. The van der Waals surface area contributed by atoms with Crippen molar-refractivity contribution in [3.8, 4) is 0 Å². The SMILES string of the molecule is CCCCCCCC/C=C\CCCCCCCC(=O)O[C@@H]1CNC[C@H]1OC(=O)CCCCCCC/C=C\CCCCCCCC. The normalized spacial score (nSPS) is 16.7. The summed E-state index contributed by atoms with van der Waals surface area (Å²) in [5, 5.41) is 3.21. The fourth-order valence-electron chi connectivity index (χ4n) is 6.00. The van der Waals surface area contributed by atoms with Gasteiger partial charge in [-0.15, -0.1) is 0 Å². The summed E-state index contributed by atoms with van der Waals surface area (Å²) in [4.78, 5) is 24.8. The highest BCUT2D eigenvalue weighted by Gasteiger charge is 2.33. The van der Waals surface area contributed by atoms with Gasteiger partial charge in [0.25, 0.3) is 0 Å². The summed E-state index contributed by atoms with van der Waals surface area (Å²) in [6.45, 7) is 5.65. The molecular formula is C40H73NO4. The van der Waals surface area contributed by atoms with Crippen LogP contribution in [-0.4, -0.2) is 37.2 Å². The molecule has 1 heterocycles. The van der Waals surface area contributed by atoms with E-state index in [1.54, 1.807) is 0 Å². The molecule has 0 spiro atoms. The standard InChI is InChI=1S/C40H73NO4/c1-3-5-7-9-11-13-15-17-19-21-23-25-27-29-31-33-39(42)44-37-35-41-36-38(37)45-40(43)34-32-30-28-26-24-22-20-18-16-14-12-10-8-6-4-2/h17-20,37-38,41H,3-16,21-36H2,1-2H3/b19-17-,20-18-/t37-,38-/m1/s1. The van der Waals surface area contributed by atoms with Crippen LogP contribution in [0.1, 0.15) is 194 Å². The van der Waals surface area contributed by atoms with Crippen molar-refractivity contribution in [2.75, 3.05) is 13.1 Å². The van der Waals surface area contributed by atoms with Crippen molar-refractivity contribution in [1.29, 1.82) is 0 Å². The highest BCUT2D eigenvalue weighted by atomic mass is 16.6. The summed E-state index contributed by atoms with van der Waals surface area (Å²) in [5.74, 6) is -0.334. The molecule has 0 aromatic rings. The summed E-state index contributed by atoms with van der Waals surface area (Å²) >= 11 is 0. The zero-order valence-corrected chi connectivity index (χ0v) is 29.8. The molecule has 1 fully saturated rings. The lowest BCUT2D eigenvalue weighted by Gasteiger charge is -2.19. The van der Waals surface area contributed by atoms with Crippen LogP contribution < -0.4 is 5.32 Å². The summed E-state index contributed by atoms with van der Waals surface area (Å²) in [6, 6.07) is 0. The number of ether oxygens (including phenoxy) is 2. The molecule has 1 N–H and O–H groups in total. The first-order chi connectivity index (χ1) is 22.2. The van der Waals surface area contributed by atoms with Gasteiger partial charge in [0.1, 0.15) is 0 Å².